The highest BCUT2D eigenvalue weighted by Gasteiger charge is 2.22. The molecule has 0 aromatic heterocycles. The Balaban J connectivity index is 2.25. The second kappa shape index (κ2) is 3.95. The molecule has 0 aliphatic carbocycles. The second-order valence-corrected chi connectivity index (χ2v) is 4.77. The van der Waals surface area contributed by atoms with Crippen LogP contribution in [-0.2, 0) is 10.9 Å². The van der Waals surface area contributed by atoms with Gasteiger partial charge < -0.3 is 0 Å². The molecule has 0 aromatic rings. The molecular weight excluding hydrogens is 188 g/mol. The molecule has 0 radical (unpaired) electrons. The summed E-state index contributed by atoms with van der Waals surface area (Å²) < 4.78 is 6.48. The van der Waals surface area contributed by atoms with Gasteiger partial charge in [0, 0.05) is 24.0 Å². The minimum atomic E-state index is -0.116. The predicted octanol–water partition coefficient (Wildman–Crippen LogP) is 0.935. The molecule has 6 heteroatoms. The average molecular weight is 200 g/mol. The first-order valence-corrected chi connectivity index (χ1v) is 5.76. The molecule has 0 N–H and O–H groups in total. The Bertz CT molecular complexity index is 276. The van der Waals surface area contributed by atoms with Gasteiger partial charge in [0.15, 0.2) is 0 Å². The van der Waals surface area contributed by atoms with Crippen LogP contribution in [0.3, 0.4) is 0 Å². The highest BCUT2D eigenvalue weighted by atomic mass is 32.2. The summed E-state index contributed by atoms with van der Waals surface area (Å²) in [7, 11) is -0.116. The van der Waals surface area contributed by atoms with Crippen molar-refractivity contribution in [1.82, 2.24) is 4.31 Å². The molecule has 1 atom stereocenters. The first-order chi connectivity index (χ1) is 6.42. The first-order valence-electron chi connectivity index (χ1n) is 4.46. The van der Waals surface area contributed by atoms with E-state index >= 15 is 0 Å². The highest BCUT2D eigenvalue weighted by Crippen LogP contribution is 2.13. The number of nitrogens with zero attached hydrogens (tertiary/aromatic N) is 4. The lowest BCUT2D eigenvalue weighted by atomic mass is 10.3. The van der Waals surface area contributed by atoms with E-state index in [2.05, 4.69) is 14.5 Å². The zero-order chi connectivity index (χ0) is 9.10. The fourth-order valence-electron chi connectivity index (χ4n) is 1.46. The van der Waals surface area contributed by atoms with Crippen LogP contribution in [0.15, 0.2) is 14.5 Å². The molecule has 0 saturated heterocycles. The van der Waals surface area contributed by atoms with E-state index in [0.717, 1.165) is 31.7 Å². The van der Waals surface area contributed by atoms with Crippen LogP contribution in [0, 0.1) is 4.91 Å². The van der Waals surface area contributed by atoms with Crippen molar-refractivity contribution in [2.45, 2.75) is 12.8 Å². The molecule has 0 fully saturated rings. The summed E-state index contributed by atoms with van der Waals surface area (Å²) in [5.41, 5.74) is 0. The van der Waals surface area contributed by atoms with E-state index in [1.807, 2.05) is 4.31 Å². The fourth-order valence-corrected chi connectivity index (χ4v) is 3.16. The van der Waals surface area contributed by atoms with Crippen molar-refractivity contribution in [1.29, 1.82) is 0 Å². The van der Waals surface area contributed by atoms with E-state index < -0.39 is 0 Å². The van der Waals surface area contributed by atoms with Crippen molar-refractivity contribution in [2.24, 2.45) is 14.5 Å². The Labute approximate surface area is 79.4 Å². The molecule has 0 amide bonds. The van der Waals surface area contributed by atoms with Gasteiger partial charge in [-0.25, -0.2) is 9.36 Å². The van der Waals surface area contributed by atoms with E-state index in [1.54, 1.807) is 0 Å². The summed E-state index contributed by atoms with van der Waals surface area (Å²) in [6, 6.07) is 0. The van der Waals surface area contributed by atoms with Crippen LogP contribution in [-0.4, -0.2) is 35.7 Å². The third kappa shape index (κ3) is 1.77. The van der Waals surface area contributed by atoms with E-state index in [-0.39, 0.29) is 10.9 Å². The van der Waals surface area contributed by atoms with Crippen LogP contribution >= 0.6 is 0 Å². The molecular formula is C7H12N4OS. The van der Waals surface area contributed by atoms with Crippen molar-refractivity contribution in [2.75, 3.05) is 25.4 Å². The molecule has 2 heterocycles. The van der Waals surface area contributed by atoms with Crippen LogP contribution in [0.1, 0.15) is 12.8 Å². The van der Waals surface area contributed by atoms with E-state index in [9.17, 15) is 4.91 Å². The first kappa shape index (κ1) is 8.80. The van der Waals surface area contributed by atoms with Gasteiger partial charge in [-0.3, -0.25) is 4.31 Å². The third-order valence-electron chi connectivity index (χ3n) is 2.10. The van der Waals surface area contributed by atoms with Crippen LogP contribution in [0.5, 0.6) is 0 Å². The molecule has 0 aromatic carbocycles. The van der Waals surface area contributed by atoms with Crippen LogP contribution in [0.25, 0.3) is 0 Å². The summed E-state index contributed by atoms with van der Waals surface area (Å²) >= 11 is 0. The Morgan fingerprint density at radius 1 is 1.38 bits per heavy atom. The van der Waals surface area contributed by atoms with Gasteiger partial charge in [0.05, 0.1) is 6.54 Å². The van der Waals surface area contributed by atoms with E-state index in [1.165, 1.54) is 0 Å². The van der Waals surface area contributed by atoms with Crippen molar-refractivity contribution in [3.8, 4) is 0 Å². The fraction of sp³-hybridized carbons (Fsp3) is 0.857. The topological polar surface area (TPSA) is 57.4 Å². The minimum absolute atomic E-state index is 0.116. The lowest BCUT2D eigenvalue weighted by molar-refractivity contribution is 0.602. The van der Waals surface area contributed by atoms with Crippen molar-refractivity contribution >= 4 is 16.8 Å². The number of guanidine groups is 1. The van der Waals surface area contributed by atoms with E-state index in [4.69, 9.17) is 0 Å². The molecule has 2 aliphatic rings. The summed E-state index contributed by atoms with van der Waals surface area (Å²) in [4.78, 5) is 14.6. The minimum Gasteiger partial charge on any atom is -0.274 e. The highest BCUT2D eigenvalue weighted by molar-refractivity contribution is 7.85. The van der Waals surface area contributed by atoms with Crippen molar-refractivity contribution in [3.05, 3.63) is 4.91 Å². The molecule has 13 heavy (non-hydrogen) atoms. The van der Waals surface area contributed by atoms with Gasteiger partial charge in [0.1, 0.15) is 0 Å². The quantitative estimate of drug-likeness (QED) is 0.546. The number of aliphatic imine (C=N–C) groups is 1. The van der Waals surface area contributed by atoms with Crippen molar-refractivity contribution < 1.29 is 0 Å². The summed E-state index contributed by atoms with van der Waals surface area (Å²) in [5.74, 6) is 1.32. The van der Waals surface area contributed by atoms with Crippen LogP contribution in [0.4, 0.5) is 0 Å². The summed E-state index contributed by atoms with van der Waals surface area (Å²) in [6.45, 7) is 2.51. The normalized spacial score (nSPS) is 28.2. The number of fused-ring (bicyclic) bond motifs is 1. The lowest BCUT2D eigenvalue weighted by Gasteiger charge is -2.25. The zero-order valence-electron chi connectivity index (χ0n) is 7.35. The lowest BCUT2D eigenvalue weighted by Crippen LogP contribution is -2.37. The maximum atomic E-state index is 10.5. The summed E-state index contributed by atoms with van der Waals surface area (Å²) in [5, 5.41) is 2.95. The van der Waals surface area contributed by atoms with Gasteiger partial charge >= 0.3 is 0 Å². The smallest absolute Gasteiger partial charge is 0.273 e. The monoisotopic (exact) mass is 200 g/mol. The standard InChI is InChI=1S/C7H12N4OS/c12-10-7-8-4-6-13-9-3-1-2-5-11(7)13/h1-6H2. The Kier molecular flexibility index (Phi) is 2.68. The summed E-state index contributed by atoms with van der Waals surface area (Å²) in [6.07, 6.45) is 2.20. The maximum Gasteiger partial charge on any atom is 0.273 e. The van der Waals surface area contributed by atoms with E-state index in [0.29, 0.717) is 12.5 Å². The van der Waals surface area contributed by atoms with Gasteiger partial charge in [-0.05, 0) is 23.7 Å². The third-order valence-corrected chi connectivity index (χ3v) is 3.98. The maximum absolute atomic E-state index is 10.5. The zero-order valence-corrected chi connectivity index (χ0v) is 8.16. The number of hydrogen-bond acceptors (Lipinski definition) is 5. The number of hydrogen-bond donors (Lipinski definition) is 0. The van der Waals surface area contributed by atoms with Crippen LogP contribution in [0.2, 0.25) is 0 Å². The number of rotatable bonds is 0. The molecule has 2 rings (SSSR count). The molecule has 0 spiro atoms. The molecule has 2 aliphatic heterocycles. The van der Waals surface area contributed by atoms with Crippen molar-refractivity contribution in [3.63, 3.8) is 0 Å². The Morgan fingerprint density at radius 2 is 2.31 bits per heavy atom. The van der Waals surface area contributed by atoms with Gasteiger partial charge in [-0.15, -0.1) is 4.91 Å². The SMILES string of the molecule is O=NC1=NCCS2=NCCCCN12. The molecule has 0 bridgehead atoms. The predicted molar refractivity (Wildman–Crippen MR) is 53.6 cm³/mol. The largest absolute Gasteiger partial charge is 0.274 e. The average Bonchev–Trinajstić information content (AvgIpc) is 2.41. The molecule has 0 saturated carbocycles. The van der Waals surface area contributed by atoms with Gasteiger partial charge in [0.25, 0.3) is 5.96 Å². The van der Waals surface area contributed by atoms with Gasteiger partial charge in [-0.1, -0.05) is 0 Å². The Hall–Kier alpha value is -0.780. The number of nitroso groups, excluding NO2 is 1. The molecule has 5 nitrogen and oxygen atoms in total. The molecule has 72 valence electrons. The van der Waals surface area contributed by atoms with Crippen LogP contribution < -0.4 is 0 Å². The molecule has 1 unspecified atom stereocenters. The Morgan fingerprint density at radius 3 is 3.15 bits per heavy atom. The second-order valence-electron chi connectivity index (χ2n) is 2.98. The van der Waals surface area contributed by atoms with Gasteiger partial charge in [0.2, 0.25) is 0 Å². The van der Waals surface area contributed by atoms with Gasteiger partial charge in [-0.2, -0.15) is 0 Å².